The molecule has 4 aromatic carbocycles. The van der Waals surface area contributed by atoms with Crippen LogP contribution in [0.25, 0.3) is 90.9 Å². The Kier molecular flexibility index (Phi) is 9.03. The van der Waals surface area contributed by atoms with Gasteiger partial charge in [-0.3, -0.25) is 0 Å². The van der Waals surface area contributed by atoms with Crippen LogP contribution in [0.3, 0.4) is 0 Å². The van der Waals surface area contributed by atoms with E-state index in [-0.39, 0.29) is 0 Å². The molecule has 0 aliphatic carbocycles. The van der Waals surface area contributed by atoms with E-state index in [0.717, 1.165) is 114 Å². The lowest BCUT2D eigenvalue weighted by Crippen LogP contribution is -1.98. The summed E-state index contributed by atoms with van der Waals surface area (Å²) < 4.78 is 6.84. The normalized spacial score (nSPS) is 11.9. The zero-order chi connectivity index (χ0) is 36.3. The minimum Gasteiger partial charge on any atom is -0.491 e. The number of aromatic nitrogens is 4. The number of hydrogen-bond acceptors (Lipinski definition) is 3. The van der Waals surface area contributed by atoms with Gasteiger partial charge >= 0.3 is 0 Å². The Labute approximate surface area is 315 Å². The topological polar surface area (TPSA) is 66.6 Å². The first-order valence-corrected chi connectivity index (χ1v) is 18.8. The molecule has 0 saturated heterocycles. The van der Waals surface area contributed by atoms with Gasteiger partial charge in [0.1, 0.15) is 0 Å². The van der Waals surface area contributed by atoms with E-state index in [2.05, 4.69) is 175 Å². The standard InChI is InChI=1S/C49H40N4O/c1-2-3-16-31-54-49-43-32-37-25-26-38(50-37)44(33-17-8-4-9-18-33)39-27-28-40(51-39)45(34-19-10-5-11-20-34)41-29-30-42(52-41)46(35-21-12-6-13-22-35)48(53-43)47(49)36-23-14-7-15-24-36/h4-15,17-30,32,51,53H,2-3,16,31H2,1H3. The average molecular weight is 701 g/mol. The molecule has 0 spiro atoms. The maximum Gasteiger partial charge on any atom is 0.152 e. The van der Waals surface area contributed by atoms with Gasteiger partial charge in [-0.25, -0.2) is 9.97 Å². The Hall–Kier alpha value is -6.72. The first-order chi connectivity index (χ1) is 26.7. The van der Waals surface area contributed by atoms with Gasteiger partial charge in [0.25, 0.3) is 0 Å². The summed E-state index contributed by atoms with van der Waals surface area (Å²) in [5, 5.41) is 0. The monoisotopic (exact) mass is 700 g/mol. The van der Waals surface area contributed by atoms with E-state index >= 15 is 0 Å². The third-order valence-electron chi connectivity index (χ3n) is 10.1. The first kappa shape index (κ1) is 33.1. The molecule has 5 nitrogen and oxygen atoms in total. The molecule has 0 radical (unpaired) electrons. The Balaban J connectivity index is 1.48. The van der Waals surface area contributed by atoms with Gasteiger partial charge in [-0.05, 0) is 71.2 Å². The number of H-pyrrole nitrogens is 2. The Morgan fingerprint density at radius 1 is 0.463 bits per heavy atom. The quantitative estimate of drug-likeness (QED) is 0.147. The van der Waals surface area contributed by atoms with Gasteiger partial charge in [0.2, 0.25) is 0 Å². The van der Waals surface area contributed by atoms with Crippen molar-refractivity contribution >= 4 is 46.4 Å². The van der Waals surface area contributed by atoms with Gasteiger partial charge in [-0.15, -0.1) is 0 Å². The van der Waals surface area contributed by atoms with E-state index in [9.17, 15) is 0 Å². The molecule has 2 N–H and O–H groups in total. The molecule has 7 aromatic rings. The SMILES string of the molecule is CCCCCOc1c(-c2ccccc2)c2[nH]c1cc1nc(c(-c3ccccc3)c3ccc([nH]3)c(-c3ccccc3)c3nc(c2-c2ccccc2)C=C3)C=C1. The minimum absolute atomic E-state index is 0.612. The van der Waals surface area contributed by atoms with Crippen molar-refractivity contribution in [2.75, 3.05) is 6.61 Å². The molecule has 262 valence electrons. The van der Waals surface area contributed by atoms with Crippen molar-refractivity contribution in [2.24, 2.45) is 0 Å². The summed E-state index contributed by atoms with van der Waals surface area (Å²) in [6.45, 7) is 2.83. The van der Waals surface area contributed by atoms with Crippen LogP contribution in [0.15, 0.2) is 140 Å². The van der Waals surface area contributed by atoms with Gasteiger partial charge in [0.05, 0.1) is 46.0 Å². The molecular formula is C49H40N4O. The fraction of sp³-hybridized carbons (Fsp3) is 0.102. The van der Waals surface area contributed by atoms with Crippen molar-refractivity contribution in [2.45, 2.75) is 26.2 Å². The zero-order valence-electron chi connectivity index (χ0n) is 30.2. The molecule has 0 unspecified atom stereocenters. The maximum atomic E-state index is 6.84. The van der Waals surface area contributed by atoms with Gasteiger partial charge in [-0.2, -0.15) is 0 Å². The predicted octanol–water partition coefficient (Wildman–Crippen LogP) is 12.9. The number of rotatable bonds is 9. The summed E-state index contributed by atoms with van der Waals surface area (Å²) >= 11 is 0. The van der Waals surface area contributed by atoms with Crippen molar-refractivity contribution in [3.05, 3.63) is 162 Å². The first-order valence-electron chi connectivity index (χ1n) is 18.8. The molecule has 0 saturated carbocycles. The van der Waals surface area contributed by atoms with Crippen molar-refractivity contribution in [1.82, 2.24) is 19.9 Å². The van der Waals surface area contributed by atoms with Crippen molar-refractivity contribution < 1.29 is 4.74 Å². The van der Waals surface area contributed by atoms with Crippen LogP contribution in [0.2, 0.25) is 0 Å². The summed E-state index contributed by atoms with van der Waals surface area (Å²) in [5.74, 6) is 0.818. The predicted molar refractivity (Wildman–Crippen MR) is 226 cm³/mol. The van der Waals surface area contributed by atoms with Crippen LogP contribution in [0.5, 0.6) is 5.75 Å². The van der Waals surface area contributed by atoms with Gasteiger partial charge in [-0.1, -0.05) is 141 Å². The van der Waals surface area contributed by atoms with E-state index < -0.39 is 0 Å². The molecule has 54 heavy (non-hydrogen) atoms. The maximum absolute atomic E-state index is 6.84. The van der Waals surface area contributed by atoms with Crippen LogP contribution in [-0.2, 0) is 0 Å². The molecule has 0 fully saturated rings. The van der Waals surface area contributed by atoms with Crippen LogP contribution in [-0.4, -0.2) is 26.5 Å². The number of fused-ring (bicyclic) bond motifs is 8. The smallest absolute Gasteiger partial charge is 0.152 e. The van der Waals surface area contributed by atoms with Gasteiger partial charge < -0.3 is 14.7 Å². The molecule has 3 aromatic heterocycles. The molecule has 0 atom stereocenters. The number of unbranched alkanes of at least 4 members (excludes halogenated alkanes) is 2. The highest BCUT2D eigenvalue weighted by atomic mass is 16.5. The summed E-state index contributed by atoms with van der Waals surface area (Å²) in [5.41, 5.74) is 15.6. The van der Waals surface area contributed by atoms with E-state index in [1.807, 2.05) is 6.07 Å². The fourth-order valence-corrected chi connectivity index (χ4v) is 7.54. The number of nitrogens with zero attached hydrogens (tertiary/aromatic N) is 2. The second-order valence-corrected chi connectivity index (χ2v) is 13.7. The summed E-state index contributed by atoms with van der Waals surface area (Å²) in [4.78, 5) is 18.4. The van der Waals surface area contributed by atoms with E-state index in [1.165, 1.54) is 0 Å². The highest BCUT2D eigenvalue weighted by Gasteiger charge is 2.22. The minimum atomic E-state index is 0.612. The Morgan fingerprint density at radius 2 is 0.944 bits per heavy atom. The third kappa shape index (κ3) is 6.35. The van der Waals surface area contributed by atoms with Gasteiger partial charge in [0.15, 0.2) is 5.75 Å². The van der Waals surface area contributed by atoms with Crippen LogP contribution >= 0.6 is 0 Å². The highest BCUT2D eigenvalue weighted by molar-refractivity contribution is 6.04. The molecule has 5 heteroatoms. The van der Waals surface area contributed by atoms with Crippen LogP contribution < -0.4 is 4.74 Å². The van der Waals surface area contributed by atoms with E-state index in [4.69, 9.17) is 14.7 Å². The summed E-state index contributed by atoms with van der Waals surface area (Å²) in [6.07, 6.45) is 11.7. The fourth-order valence-electron chi connectivity index (χ4n) is 7.54. The Morgan fingerprint density at radius 3 is 1.50 bits per heavy atom. The molecule has 2 aliphatic rings. The number of nitrogens with one attached hydrogen (secondary N) is 2. The number of aromatic amines is 2. The molecule has 9 rings (SSSR count). The third-order valence-corrected chi connectivity index (χ3v) is 10.1. The highest BCUT2D eigenvalue weighted by Crippen LogP contribution is 2.44. The lowest BCUT2D eigenvalue weighted by Gasteiger charge is -2.10. The van der Waals surface area contributed by atoms with Crippen LogP contribution in [0.4, 0.5) is 0 Å². The van der Waals surface area contributed by atoms with E-state index in [0.29, 0.717) is 6.61 Å². The number of hydrogen-bond donors (Lipinski definition) is 2. The van der Waals surface area contributed by atoms with Gasteiger partial charge in [0, 0.05) is 27.7 Å². The summed E-state index contributed by atoms with van der Waals surface area (Å²) in [6, 6.07) is 48.6. The second kappa shape index (κ2) is 14.7. The number of ether oxygens (including phenoxy) is 1. The lowest BCUT2D eigenvalue weighted by atomic mass is 9.98. The molecule has 2 aliphatic heterocycles. The molecular weight excluding hydrogens is 661 g/mol. The zero-order valence-corrected chi connectivity index (χ0v) is 30.2. The van der Waals surface area contributed by atoms with Crippen LogP contribution in [0.1, 0.15) is 49.0 Å². The molecule has 8 bridgehead atoms. The van der Waals surface area contributed by atoms with Crippen molar-refractivity contribution in [3.63, 3.8) is 0 Å². The molecule has 0 amide bonds. The largest absolute Gasteiger partial charge is 0.491 e. The molecule has 5 heterocycles. The van der Waals surface area contributed by atoms with Crippen molar-refractivity contribution in [3.8, 4) is 50.3 Å². The van der Waals surface area contributed by atoms with Crippen molar-refractivity contribution in [1.29, 1.82) is 0 Å². The number of benzene rings is 4. The van der Waals surface area contributed by atoms with Crippen LogP contribution in [0, 0.1) is 0 Å². The Bertz CT molecular complexity index is 2670. The van der Waals surface area contributed by atoms with E-state index in [1.54, 1.807) is 0 Å². The average Bonchev–Trinajstić information content (AvgIpc) is 4.05. The summed E-state index contributed by atoms with van der Waals surface area (Å²) in [7, 11) is 0. The second-order valence-electron chi connectivity index (χ2n) is 13.7. The lowest BCUT2D eigenvalue weighted by molar-refractivity contribution is 0.311.